The van der Waals surface area contributed by atoms with Gasteiger partial charge in [-0.05, 0) is 55.0 Å². The molecule has 2 heterocycles. The minimum Gasteiger partial charge on any atom is -0.505 e. The van der Waals surface area contributed by atoms with E-state index < -0.39 is 0 Å². The highest BCUT2D eigenvalue weighted by molar-refractivity contribution is 6.31. The molecule has 4 rings (SSSR count). The van der Waals surface area contributed by atoms with Crippen molar-refractivity contribution in [1.29, 1.82) is 0 Å². The number of rotatable bonds is 17. The molecule has 4 aromatic rings. The number of phenolic OH excluding ortho intramolecular Hbond substituents is 1. The van der Waals surface area contributed by atoms with Crippen molar-refractivity contribution in [2.45, 2.75) is 79.1 Å². The molecule has 0 aliphatic rings. The van der Waals surface area contributed by atoms with Crippen molar-refractivity contribution in [3.05, 3.63) is 41.4 Å². The van der Waals surface area contributed by atoms with Gasteiger partial charge in [-0.15, -0.1) is 29.9 Å². The van der Waals surface area contributed by atoms with Gasteiger partial charge in [-0.1, -0.05) is 77.8 Å². The molecule has 42 heavy (non-hydrogen) atoms. The van der Waals surface area contributed by atoms with Crippen LogP contribution in [0.1, 0.15) is 79.1 Å². The van der Waals surface area contributed by atoms with Crippen LogP contribution in [0.5, 0.6) is 29.5 Å². The van der Waals surface area contributed by atoms with Crippen molar-refractivity contribution in [2.75, 3.05) is 13.2 Å². The normalized spacial score (nSPS) is 12.8. The number of aromatic nitrogens is 6. The third kappa shape index (κ3) is 8.67. The number of ether oxygens (including phenoxy) is 3. The molecule has 10 nitrogen and oxygen atoms in total. The van der Waals surface area contributed by atoms with Gasteiger partial charge in [-0.2, -0.15) is 0 Å². The summed E-state index contributed by atoms with van der Waals surface area (Å²) in [6, 6.07) is 10.3. The van der Waals surface area contributed by atoms with Gasteiger partial charge >= 0.3 is 18.0 Å². The highest BCUT2D eigenvalue weighted by atomic mass is 35.5. The Kier molecular flexibility index (Phi) is 11.6. The molecule has 11 heteroatoms. The zero-order chi connectivity index (χ0) is 29.9. The van der Waals surface area contributed by atoms with Crippen LogP contribution in [0.4, 0.5) is 0 Å². The van der Waals surface area contributed by atoms with Gasteiger partial charge < -0.3 is 19.3 Å². The Morgan fingerprint density at radius 3 is 1.93 bits per heavy atom. The molecular weight excluding hydrogens is 556 g/mol. The first-order valence-electron chi connectivity index (χ1n) is 15.0. The van der Waals surface area contributed by atoms with Crippen molar-refractivity contribution >= 4 is 22.6 Å². The molecule has 2 atom stereocenters. The van der Waals surface area contributed by atoms with Gasteiger partial charge in [0.1, 0.15) is 28.2 Å². The van der Waals surface area contributed by atoms with Crippen molar-refractivity contribution in [1.82, 2.24) is 29.9 Å². The summed E-state index contributed by atoms with van der Waals surface area (Å²) in [5, 5.41) is 20.2. The molecule has 0 fully saturated rings. The number of hydrogen-bond acceptors (Lipinski definition) is 9. The standard InChI is InChI=1S/C31H41ClN6O4/c1-5-9-11-21(7-3)19-40-29-33-30(41-20-22(8-4)12-10-6-2)35-31(34-29)42-24-14-16-27(28(39)18-24)38-36-25-15-13-23(32)17-26(25)37-38/h13-18,21-22,39H,5-12,19-20H2,1-4H3. The van der Waals surface area contributed by atoms with Gasteiger partial charge in [-0.25, -0.2) is 0 Å². The smallest absolute Gasteiger partial charge is 0.331 e. The highest BCUT2D eigenvalue weighted by Gasteiger charge is 2.17. The Hall–Kier alpha value is -3.66. The number of unbranched alkanes of at least 4 members (excludes halogenated alkanes) is 2. The van der Waals surface area contributed by atoms with E-state index in [0.29, 0.717) is 52.5 Å². The lowest BCUT2D eigenvalue weighted by atomic mass is 10.0. The first-order chi connectivity index (χ1) is 20.4. The SMILES string of the molecule is CCCCC(CC)COc1nc(OCC(CC)CCCC)nc(Oc2ccc(-n3nc4ccc(Cl)cc4n3)c(O)c2)n1. The maximum absolute atomic E-state index is 10.8. The third-order valence-electron chi connectivity index (χ3n) is 7.27. The van der Waals surface area contributed by atoms with Crippen LogP contribution < -0.4 is 14.2 Å². The molecule has 0 radical (unpaired) electrons. The number of nitrogens with zero attached hydrogens (tertiary/aromatic N) is 6. The number of halogens is 1. The zero-order valence-corrected chi connectivity index (χ0v) is 25.7. The Morgan fingerprint density at radius 2 is 1.36 bits per heavy atom. The average molecular weight is 597 g/mol. The second-order valence-electron chi connectivity index (χ2n) is 10.5. The van der Waals surface area contributed by atoms with E-state index in [9.17, 15) is 5.11 Å². The Balaban J connectivity index is 1.53. The van der Waals surface area contributed by atoms with Crippen molar-refractivity contribution < 1.29 is 19.3 Å². The fraction of sp³-hybridized carbons (Fsp3) is 0.516. The predicted molar refractivity (Wildman–Crippen MR) is 163 cm³/mol. The van der Waals surface area contributed by atoms with E-state index in [1.807, 2.05) is 0 Å². The quantitative estimate of drug-likeness (QED) is 0.129. The van der Waals surface area contributed by atoms with Crippen LogP contribution in [0.15, 0.2) is 36.4 Å². The Labute approximate surface area is 252 Å². The minimum absolute atomic E-state index is 0.0166. The van der Waals surface area contributed by atoms with Gasteiger partial charge in [-0.3, -0.25) is 0 Å². The lowest BCUT2D eigenvalue weighted by Crippen LogP contribution is -2.15. The second-order valence-corrected chi connectivity index (χ2v) is 10.9. The molecule has 0 saturated heterocycles. The lowest BCUT2D eigenvalue weighted by molar-refractivity contribution is 0.193. The maximum Gasteiger partial charge on any atom is 0.331 e. The molecule has 2 aromatic heterocycles. The van der Waals surface area contributed by atoms with Crippen LogP contribution in [0.2, 0.25) is 5.02 Å². The van der Waals surface area contributed by atoms with Gasteiger partial charge in [0.25, 0.3) is 0 Å². The van der Waals surface area contributed by atoms with Crippen LogP contribution in [-0.2, 0) is 0 Å². The molecule has 0 amide bonds. The summed E-state index contributed by atoms with van der Waals surface area (Å²) >= 11 is 6.07. The molecule has 0 bridgehead atoms. The molecule has 1 N–H and O–H groups in total. The average Bonchev–Trinajstić information content (AvgIpc) is 3.40. The van der Waals surface area contributed by atoms with E-state index in [1.54, 1.807) is 30.3 Å². The van der Waals surface area contributed by atoms with E-state index in [4.69, 9.17) is 25.8 Å². The number of fused-ring (bicyclic) bond motifs is 1. The van der Waals surface area contributed by atoms with Crippen molar-refractivity contribution in [3.8, 4) is 35.2 Å². The Morgan fingerprint density at radius 1 is 0.762 bits per heavy atom. The zero-order valence-electron chi connectivity index (χ0n) is 24.9. The molecule has 0 saturated carbocycles. The van der Waals surface area contributed by atoms with Crippen LogP contribution in [0.25, 0.3) is 16.7 Å². The van der Waals surface area contributed by atoms with Crippen LogP contribution >= 0.6 is 11.6 Å². The van der Waals surface area contributed by atoms with Gasteiger partial charge in [0.05, 0.1) is 13.2 Å². The van der Waals surface area contributed by atoms with Gasteiger partial charge in [0.2, 0.25) is 0 Å². The summed E-state index contributed by atoms with van der Waals surface area (Å²) in [7, 11) is 0. The van der Waals surface area contributed by atoms with E-state index in [0.717, 1.165) is 51.4 Å². The maximum atomic E-state index is 10.8. The molecule has 2 unspecified atom stereocenters. The molecule has 226 valence electrons. The highest BCUT2D eigenvalue weighted by Crippen LogP contribution is 2.30. The number of hydrogen-bond donors (Lipinski definition) is 1. The molecule has 0 aliphatic heterocycles. The molecule has 2 aromatic carbocycles. The first-order valence-corrected chi connectivity index (χ1v) is 15.4. The number of phenols is 1. The molecular formula is C31H41ClN6O4. The minimum atomic E-state index is -0.0793. The summed E-state index contributed by atoms with van der Waals surface area (Å²) in [4.78, 5) is 14.6. The molecule has 0 aliphatic carbocycles. The predicted octanol–water partition coefficient (Wildman–Crippen LogP) is 7.95. The van der Waals surface area contributed by atoms with E-state index in [1.165, 1.54) is 10.9 Å². The second kappa shape index (κ2) is 15.5. The number of benzene rings is 2. The third-order valence-corrected chi connectivity index (χ3v) is 7.51. The summed E-state index contributed by atoms with van der Waals surface area (Å²) in [6.07, 6.45) is 8.76. The fourth-order valence-corrected chi connectivity index (χ4v) is 4.68. The summed E-state index contributed by atoms with van der Waals surface area (Å²) < 4.78 is 18.0. The largest absolute Gasteiger partial charge is 0.505 e. The van der Waals surface area contributed by atoms with E-state index >= 15 is 0 Å². The number of aromatic hydroxyl groups is 1. The van der Waals surface area contributed by atoms with Crippen LogP contribution in [0.3, 0.4) is 0 Å². The summed E-state index contributed by atoms with van der Waals surface area (Å²) in [5.74, 6) is 1.05. The van der Waals surface area contributed by atoms with E-state index in [-0.39, 0.29) is 23.8 Å². The van der Waals surface area contributed by atoms with Crippen LogP contribution in [-0.4, -0.2) is 48.3 Å². The first kappa shape index (κ1) is 31.3. The topological polar surface area (TPSA) is 117 Å². The lowest BCUT2D eigenvalue weighted by Gasteiger charge is -2.17. The summed E-state index contributed by atoms with van der Waals surface area (Å²) in [6.45, 7) is 9.69. The molecule has 0 spiro atoms. The van der Waals surface area contributed by atoms with E-state index in [2.05, 4.69) is 52.8 Å². The van der Waals surface area contributed by atoms with Crippen LogP contribution in [0, 0.1) is 11.8 Å². The monoisotopic (exact) mass is 596 g/mol. The summed E-state index contributed by atoms with van der Waals surface area (Å²) in [5.41, 5.74) is 1.66. The fourth-order valence-electron chi connectivity index (χ4n) is 4.51. The Bertz CT molecular complexity index is 1390. The van der Waals surface area contributed by atoms with Gasteiger partial charge in [0, 0.05) is 11.1 Å². The van der Waals surface area contributed by atoms with Crippen molar-refractivity contribution in [3.63, 3.8) is 0 Å². The van der Waals surface area contributed by atoms with Crippen molar-refractivity contribution in [2.24, 2.45) is 11.8 Å². The van der Waals surface area contributed by atoms with Gasteiger partial charge in [0.15, 0.2) is 0 Å².